The molecule has 0 aromatic carbocycles. The van der Waals surface area contributed by atoms with Gasteiger partial charge < -0.3 is 5.11 Å². The highest BCUT2D eigenvalue weighted by atomic mass is 16.3. The van der Waals surface area contributed by atoms with Crippen LogP contribution in [0.3, 0.4) is 0 Å². The molecule has 0 aliphatic heterocycles. The molecule has 0 bridgehead atoms. The summed E-state index contributed by atoms with van der Waals surface area (Å²) in [4.78, 5) is 13.3. The lowest BCUT2D eigenvalue weighted by atomic mass is 10.1. The van der Waals surface area contributed by atoms with Crippen molar-refractivity contribution in [2.75, 3.05) is 13.6 Å². The van der Waals surface area contributed by atoms with E-state index in [1.54, 1.807) is 6.92 Å². The Morgan fingerprint density at radius 2 is 2.00 bits per heavy atom. The van der Waals surface area contributed by atoms with E-state index in [-0.39, 0.29) is 17.9 Å². The number of nitrogens with zero attached hydrogens (tertiary/aromatic N) is 1. The molecule has 0 amide bonds. The monoisotopic (exact) mass is 187 g/mol. The molecule has 0 saturated carbocycles. The van der Waals surface area contributed by atoms with E-state index in [0.29, 0.717) is 6.42 Å². The smallest absolute Gasteiger partial charge is 0.149 e. The number of Topliss-reactive ketones (excluding diaryl/α,β-unsaturated/α-hetero) is 1. The van der Waals surface area contributed by atoms with Crippen molar-refractivity contribution in [2.45, 2.75) is 45.8 Å². The molecule has 78 valence electrons. The van der Waals surface area contributed by atoms with Gasteiger partial charge in [0, 0.05) is 13.0 Å². The maximum atomic E-state index is 11.3. The Morgan fingerprint density at radius 1 is 1.46 bits per heavy atom. The minimum atomic E-state index is -0.286. The van der Waals surface area contributed by atoms with Crippen LogP contribution in [0.25, 0.3) is 0 Å². The predicted octanol–water partition coefficient (Wildman–Crippen LogP) is 1.06. The van der Waals surface area contributed by atoms with Gasteiger partial charge in [-0.15, -0.1) is 0 Å². The SMILES string of the molecule is CCC(=O)C(C)N(C)CCC(C)O. The van der Waals surface area contributed by atoms with Gasteiger partial charge in [-0.1, -0.05) is 6.92 Å². The Labute approximate surface area is 80.7 Å². The third-order valence-electron chi connectivity index (χ3n) is 2.38. The highest BCUT2D eigenvalue weighted by Gasteiger charge is 2.15. The quantitative estimate of drug-likeness (QED) is 0.676. The van der Waals surface area contributed by atoms with E-state index < -0.39 is 0 Å². The fraction of sp³-hybridized carbons (Fsp3) is 0.900. The largest absolute Gasteiger partial charge is 0.393 e. The number of aliphatic hydroxyl groups excluding tert-OH is 1. The van der Waals surface area contributed by atoms with Crippen molar-refractivity contribution in [3.8, 4) is 0 Å². The second-order valence-corrected chi connectivity index (χ2v) is 3.61. The zero-order chi connectivity index (χ0) is 10.4. The molecular formula is C10H21NO2. The van der Waals surface area contributed by atoms with Gasteiger partial charge in [0.25, 0.3) is 0 Å². The minimum Gasteiger partial charge on any atom is -0.393 e. The van der Waals surface area contributed by atoms with Crippen LogP contribution < -0.4 is 0 Å². The van der Waals surface area contributed by atoms with E-state index >= 15 is 0 Å². The van der Waals surface area contributed by atoms with E-state index in [9.17, 15) is 4.79 Å². The zero-order valence-corrected chi connectivity index (χ0v) is 9.08. The van der Waals surface area contributed by atoms with Crippen LogP contribution in [0, 0.1) is 0 Å². The Bertz CT molecular complexity index is 157. The fourth-order valence-electron chi connectivity index (χ4n) is 1.13. The highest BCUT2D eigenvalue weighted by Crippen LogP contribution is 2.02. The molecule has 2 unspecified atom stereocenters. The molecule has 0 saturated heterocycles. The van der Waals surface area contributed by atoms with Crippen LogP contribution >= 0.6 is 0 Å². The van der Waals surface area contributed by atoms with E-state index in [1.165, 1.54) is 0 Å². The lowest BCUT2D eigenvalue weighted by Gasteiger charge is -2.23. The lowest BCUT2D eigenvalue weighted by molar-refractivity contribution is -0.123. The van der Waals surface area contributed by atoms with Crippen molar-refractivity contribution in [3.63, 3.8) is 0 Å². The van der Waals surface area contributed by atoms with Gasteiger partial charge in [0.05, 0.1) is 12.1 Å². The van der Waals surface area contributed by atoms with Gasteiger partial charge in [0.15, 0.2) is 0 Å². The van der Waals surface area contributed by atoms with Crippen molar-refractivity contribution in [1.29, 1.82) is 0 Å². The number of hydrogen-bond acceptors (Lipinski definition) is 3. The van der Waals surface area contributed by atoms with Crippen LogP contribution in [0.1, 0.15) is 33.6 Å². The molecule has 13 heavy (non-hydrogen) atoms. The Hall–Kier alpha value is -0.410. The molecule has 2 atom stereocenters. The van der Waals surface area contributed by atoms with Crippen molar-refractivity contribution in [1.82, 2.24) is 4.90 Å². The summed E-state index contributed by atoms with van der Waals surface area (Å²) >= 11 is 0. The number of carbonyl (C=O) groups excluding carboxylic acids is 1. The summed E-state index contributed by atoms with van der Waals surface area (Å²) < 4.78 is 0. The summed E-state index contributed by atoms with van der Waals surface area (Å²) in [6, 6.07) is -0.0243. The predicted molar refractivity (Wildman–Crippen MR) is 53.7 cm³/mol. The van der Waals surface area contributed by atoms with Crippen molar-refractivity contribution < 1.29 is 9.90 Å². The molecular weight excluding hydrogens is 166 g/mol. The molecule has 0 aliphatic rings. The first-order chi connectivity index (χ1) is 5.99. The fourth-order valence-corrected chi connectivity index (χ4v) is 1.13. The van der Waals surface area contributed by atoms with Crippen molar-refractivity contribution in [3.05, 3.63) is 0 Å². The van der Waals surface area contributed by atoms with Gasteiger partial charge in [-0.2, -0.15) is 0 Å². The molecule has 3 nitrogen and oxygen atoms in total. The maximum absolute atomic E-state index is 11.3. The number of rotatable bonds is 6. The first kappa shape index (κ1) is 12.6. The molecule has 1 N–H and O–H groups in total. The van der Waals surface area contributed by atoms with Gasteiger partial charge in [-0.3, -0.25) is 9.69 Å². The summed E-state index contributed by atoms with van der Waals surface area (Å²) in [6.45, 7) is 6.32. The molecule has 0 aromatic heterocycles. The molecule has 0 fully saturated rings. The zero-order valence-electron chi connectivity index (χ0n) is 9.08. The number of ketones is 1. The molecule has 0 aromatic rings. The topological polar surface area (TPSA) is 40.5 Å². The van der Waals surface area contributed by atoms with Crippen LogP contribution in [0.2, 0.25) is 0 Å². The van der Waals surface area contributed by atoms with Crippen LogP contribution in [-0.4, -0.2) is 41.5 Å². The molecule has 0 aliphatic carbocycles. The third-order valence-corrected chi connectivity index (χ3v) is 2.38. The summed E-state index contributed by atoms with van der Waals surface area (Å²) in [5.41, 5.74) is 0. The van der Waals surface area contributed by atoms with Gasteiger partial charge in [-0.25, -0.2) is 0 Å². The molecule has 0 rings (SSSR count). The van der Waals surface area contributed by atoms with Crippen LogP contribution in [0.4, 0.5) is 0 Å². The summed E-state index contributed by atoms with van der Waals surface area (Å²) in [7, 11) is 1.92. The van der Waals surface area contributed by atoms with Gasteiger partial charge >= 0.3 is 0 Å². The number of likely N-dealkylation sites (N-methyl/N-ethyl adjacent to an activating group) is 1. The first-order valence-electron chi connectivity index (χ1n) is 4.90. The van der Waals surface area contributed by atoms with E-state index in [2.05, 4.69) is 0 Å². The molecule has 0 radical (unpaired) electrons. The number of aliphatic hydroxyl groups is 1. The average Bonchev–Trinajstić information content (AvgIpc) is 2.11. The Balaban J connectivity index is 3.82. The van der Waals surface area contributed by atoms with E-state index in [0.717, 1.165) is 13.0 Å². The van der Waals surface area contributed by atoms with Crippen molar-refractivity contribution in [2.24, 2.45) is 0 Å². The van der Waals surface area contributed by atoms with Crippen LogP contribution in [0.5, 0.6) is 0 Å². The molecule has 0 spiro atoms. The standard InChI is InChI=1S/C10H21NO2/c1-5-10(13)9(3)11(4)7-6-8(2)12/h8-9,12H,5-7H2,1-4H3. The lowest BCUT2D eigenvalue weighted by Crippen LogP contribution is -2.37. The second-order valence-electron chi connectivity index (χ2n) is 3.61. The summed E-state index contributed by atoms with van der Waals surface area (Å²) in [5, 5.41) is 9.07. The van der Waals surface area contributed by atoms with Crippen molar-refractivity contribution >= 4 is 5.78 Å². The van der Waals surface area contributed by atoms with Gasteiger partial charge in [0.2, 0.25) is 0 Å². The Morgan fingerprint density at radius 3 is 2.38 bits per heavy atom. The summed E-state index contributed by atoms with van der Waals surface area (Å²) in [5.74, 6) is 0.257. The molecule has 3 heteroatoms. The van der Waals surface area contributed by atoms with Gasteiger partial charge in [-0.05, 0) is 27.3 Å². The van der Waals surface area contributed by atoms with E-state index in [4.69, 9.17) is 5.11 Å². The average molecular weight is 187 g/mol. The normalized spacial score (nSPS) is 15.8. The highest BCUT2D eigenvalue weighted by molar-refractivity contribution is 5.83. The number of hydrogen-bond donors (Lipinski definition) is 1. The van der Waals surface area contributed by atoms with Crippen LogP contribution in [-0.2, 0) is 4.79 Å². The Kier molecular flexibility index (Phi) is 5.91. The molecule has 0 heterocycles. The van der Waals surface area contributed by atoms with E-state index in [1.807, 2.05) is 25.8 Å². The minimum absolute atomic E-state index is 0.0243. The van der Waals surface area contributed by atoms with Crippen LogP contribution in [0.15, 0.2) is 0 Å². The summed E-state index contributed by atoms with van der Waals surface area (Å²) in [6.07, 6.45) is 1.02. The third kappa shape index (κ3) is 5.01. The first-order valence-corrected chi connectivity index (χ1v) is 4.90. The second kappa shape index (κ2) is 6.11. The van der Waals surface area contributed by atoms with Gasteiger partial charge in [0.1, 0.15) is 5.78 Å². The number of carbonyl (C=O) groups is 1. The maximum Gasteiger partial charge on any atom is 0.149 e.